The maximum Gasteiger partial charge on any atom is 0.343 e. The number of ether oxygens (including phenoxy) is 1. The zero-order chi connectivity index (χ0) is 15.5. The molecule has 0 aromatic heterocycles. The standard InChI is InChI=1S/C17H20N2O3/c1-22-17(21)14-9-13-11-19(8-7-15(13)18-16(14)20)10-12-5-3-2-4-6-12/h2-6,9,13,15H,7-8,10-11H2,1H3,(H,18,20). The first kappa shape index (κ1) is 14.8. The predicted molar refractivity (Wildman–Crippen MR) is 81.9 cm³/mol. The molecule has 116 valence electrons. The first-order valence-electron chi connectivity index (χ1n) is 7.54. The molecule has 22 heavy (non-hydrogen) atoms. The fourth-order valence-electron chi connectivity index (χ4n) is 3.19. The summed E-state index contributed by atoms with van der Waals surface area (Å²) in [6.07, 6.45) is 2.68. The fraction of sp³-hybridized carbons (Fsp3) is 0.412. The summed E-state index contributed by atoms with van der Waals surface area (Å²) in [5.74, 6) is -0.718. The van der Waals surface area contributed by atoms with E-state index in [-0.39, 0.29) is 23.4 Å². The van der Waals surface area contributed by atoms with Crippen molar-refractivity contribution in [2.24, 2.45) is 5.92 Å². The summed E-state index contributed by atoms with van der Waals surface area (Å²) in [7, 11) is 1.30. The number of esters is 1. The highest BCUT2D eigenvalue weighted by Gasteiger charge is 2.36. The fourth-order valence-corrected chi connectivity index (χ4v) is 3.19. The van der Waals surface area contributed by atoms with Crippen molar-refractivity contribution in [1.29, 1.82) is 0 Å². The van der Waals surface area contributed by atoms with Crippen LogP contribution in [0.2, 0.25) is 0 Å². The van der Waals surface area contributed by atoms with Gasteiger partial charge in [-0.3, -0.25) is 9.69 Å². The normalized spacial score (nSPS) is 25.0. The van der Waals surface area contributed by atoms with Crippen LogP contribution in [-0.2, 0) is 20.9 Å². The van der Waals surface area contributed by atoms with Gasteiger partial charge in [0.2, 0.25) is 0 Å². The molecule has 1 saturated heterocycles. The molecule has 2 aliphatic rings. The lowest BCUT2D eigenvalue weighted by atomic mass is 9.86. The van der Waals surface area contributed by atoms with Crippen molar-refractivity contribution in [3.8, 4) is 0 Å². The molecule has 2 unspecified atom stereocenters. The van der Waals surface area contributed by atoms with Crippen molar-refractivity contribution in [3.63, 3.8) is 0 Å². The van der Waals surface area contributed by atoms with E-state index in [0.29, 0.717) is 0 Å². The number of piperidine rings is 1. The van der Waals surface area contributed by atoms with Crippen LogP contribution >= 0.6 is 0 Å². The second kappa shape index (κ2) is 6.32. The van der Waals surface area contributed by atoms with Crippen molar-refractivity contribution in [1.82, 2.24) is 10.2 Å². The number of amides is 1. The highest BCUT2D eigenvalue weighted by atomic mass is 16.5. The molecule has 1 N–H and O–H groups in total. The summed E-state index contributed by atoms with van der Waals surface area (Å²) in [6, 6.07) is 10.4. The lowest BCUT2D eigenvalue weighted by molar-refractivity contribution is -0.138. The van der Waals surface area contributed by atoms with Gasteiger partial charge in [-0.2, -0.15) is 0 Å². The molecule has 5 heteroatoms. The summed E-state index contributed by atoms with van der Waals surface area (Å²) in [4.78, 5) is 25.9. The van der Waals surface area contributed by atoms with Crippen LogP contribution < -0.4 is 5.32 Å². The Labute approximate surface area is 129 Å². The van der Waals surface area contributed by atoms with E-state index < -0.39 is 5.97 Å². The third kappa shape index (κ3) is 3.04. The second-order valence-electron chi connectivity index (χ2n) is 5.83. The van der Waals surface area contributed by atoms with Gasteiger partial charge < -0.3 is 10.1 Å². The third-order valence-electron chi connectivity index (χ3n) is 4.34. The minimum Gasteiger partial charge on any atom is -0.465 e. The Morgan fingerprint density at radius 1 is 1.36 bits per heavy atom. The number of carbonyl (C=O) groups is 2. The number of nitrogens with one attached hydrogen (secondary N) is 1. The average molecular weight is 300 g/mol. The van der Waals surface area contributed by atoms with Gasteiger partial charge in [-0.05, 0) is 12.0 Å². The van der Waals surface area contributed by atoms with Crippen LogP contribution in [0.15, 0.2) is 42.0 Å². The molecule has 1 amide bonds. The van der Waals surface area contributed by atoms with E-state index in [9.17, 15) is 9.59 Å². The number of likely N-dealkylation sites (tertiary alicyclic amines) is 1. The summed E-state index contributed by atoms with van der Waals surface area (Å²) in [5.41, 5.74) is 1.41. The molecular formula is C17H20N2O3. The maximum atomic E-state index is 11.9. The molecule has 2 heterocycles. The highest BCUT2D eigenvalue weighted by Crippen LogP contribution is 2.25. The second-order valence-corrected chi connectivity index (χ2v) is 5.83. The quantitative estimate of drug-likeness (QED) is 0.671. The number of nitrogens with zero attached hydrogens (tertiary/aromatic N) is 1. The number of carbonyl (C=O) groups excluding carboxylic acids is 2. The van der Waals surface area contributed by atoms with E-state index in [1.54, 1.807) is 6.08 Å². The van der Waals surface area contributed by atoms with Crippen molar-refractivity contribution >= 4 is 11.9 Å². The van der Waals surface area contributed by atoms with Crippen LogP contribution in [0, 0.1) is 5.92 Å². The Morgan fingerprint density at radius 2 is 2.14 bits per heavy atom. The summed E-state index contributed by atoms with van der Waals surface area (Å²) >= 11 is 0. The first-order chi connectivity index (χ1) is 10.7. The van der Waals surface area contributed by atoms with Gasteiger partial charge in [0.05, 0.1) is 7.11 Å². The van der Waals surface area contributed by atoms with E-state index >= 15 is 0 Å². The predicted octanol–water partition coefficient (Wildman–Crippen LogP) is 1.11. The average Bonchev–Trinajstić information content (AvgIpc) is 2.55. The molecule has 1 aromatic rings. The van der Waals surface area contributed by atoms with Gasteiger partial charge in [-0.15, -0.1) is 0 Å². The molecule has 2 aliphatic heterocycles. The SMILES string of the molecule is COC(=O)C1=CC2CN(Cc3ccccc3)CCC2NC1=O. The Hall–Kier alpha value is -2.14. The molecule has 1 fully saturated rings. The Kier molecular flexibility index (Phi) is 4.24. The van der Waals surface area contributed by atoms with Crippen molar-refractivity contribution < 1.29 is 14.3 Å². The van der Waals surface area contributed by atoms with Gasteiger partial charge in [-0.1, -0.05) is 36.4 Å². The molecule has 0 spiro atoms. The molecule has 0 bridgehead atoms. The number of methoxy groups -OCH3 is 1. The molecule has 2 atom stereocenters. The van der Waals surface area contributed by atoms with Crippen LogP contribution in [-0.4, -0.2) is 43.0 Å². The van der Waals surface area contributed by atoms with Crippen molar-refractivity contribution in [3.05, 3.63) is 47.5 Å². The smallest absolute Gasteiger partial charge is 0.343 e. The largest absolute Gasteiger partial charge is 0.465 e. The van der Waals surface area contributed by atoms with E-state index in [1.165, 1.54) is 12.7 Å². The Balaban J connectivity index is 1.71. The third-order valence-corrected chi connectivity index (χ3v) is 4.34. The number of rotatable bonds is 3. The summed E-state index contributed by atoms with van der Waals surface area (Å²) in [5, 5.41) is 2.93. The Morgan fingerprint density at radius 3 is 2.86 bits per heavy atom. The number of hydrogen-bond donors (Lipinski definition) is 1. The zero-order valence-corrected chi connectivity index (χ0v) is 12.6. The summed E-state index contributed by atoms with van der Waals surface area (Å²) in [6.45, 7) is 2.66. The van der Waals surface area contributed by atoms with Gasteiger partial charge >= 0.3 is 5.97 Å². The Bertz CT molecular complexity index is 597. The number of hydrogen-bond acceptors (Lipinski definition) is 4. The van der Waals surface area contributed by atoms with E-state index in [2.05, 4.69) is 27.1 Å². The van der Waals surface area contributed by atoms with Gasteiger partial charge in [0.15, 0.2) is 0 Å². The van der Waals surface area contributed by atoms with Gasteiger partial charge in [0.25, 0.3) is 5.91 Å². The van der Waals surface area contributed by atoms with Crippen molar-refractivity contribution in [2.45, 2.75) is 19.0 Å². The van der Waals surface area contributed by atoms with Crippen molar-refractivity contribution in [2.75, 3.05) is 20.2 Å². The van der Waals surface area contributed by atoms with Crippen LogP contribution in [0.4, 0.5) is 0 Å². The van der Waals surface area contributed by atoms with E-state index in [4.69, 9.17) is 0 Å². The molecule has 0 saturated carbocycles. The molecule has 5 nitrogen and oxygen atoms in total. The molecule has 0 aliphatic carbocycles. The summed E-state index contributed by atoms with van der Waals surface area (Å²) < 4.78 is 4.68. The van der Waals surface area contributed by atoms with E-state index in [1.807, 2.05) is 18.2 Å². The monoisotopic (exact) mass is 300 g/mol. The van der Waals surface area contributed by atoms with Crippen LogP contribution in [0.3, 0.4) is 0 Å². The van der Waals surface area contributed by atoms with Gasteiger partial charge in [0.1, 0.15) is 5.57 Å². The number of benzene rings is 1. The topological polar surface area (TPSA) is 58.6 Å². The van der Waals surface area contributed by atoms with Gasteiger partial charge in [0, 0.05) is 31.6 Å². The van der Waals surface area contributed by atoms with Crippen LogP contribution in [0.25, 0.3) is 0 Å². The van der Waals surface area contributed by atoms with Gasteiger partial charge in [-0.25, -0.2) is 4.79 Å². The number of fused-ring (bicyclic) bond motifs is 1. The lowest BCUT2D eigenvalue weighted by Gasteiger charge is -2.40. The molecule has 1 aromatic carbocycles. The van der Waals surface area contributed by atoms with Crippen LogP contribution in [0.1, 0.15) is 12.0 Å². The minimum absolute atomic E-state index is 0.118. The molecular weight excluding hydrogens is 280 g/mol. The van der Waals surface area contributed by atoms with E-state index in [0.717, 1.165) is 26.1 Å². The minimum atomic E-state index is -0.559. The maximum absolute atomic E-state index is 11.9. The highest BCUT2D eigenvalue weighted by molar-refractivity contribution is 6.16. The molecule has 3 rings (SSSR count). The van der Waals surface area contributed by atoms with Crippen LogP contribution in [0.5, 0.6) is 0 Å². The molecule has 0 radical (unpaired) electrons. The first-order valence-corrected chi connectivity index (χ1v) is 7.54. The zero-order valence-electron chi connectivity index (χ0n) is 12.6. The lowest BCUT2D eigenvalue weighted by Crippen LogP contribution is -2.53.